The van der Waals surface area contributed by atoms with Gasteiger partial charge >= 0.3 is 0 Å². The molecule has 90 valence electrons. The number of thiophene rings is 1. The number of nitrogens with zero attached hydrogens (tertiary/aromatic N) is 3. The van der Waals surface area contributed by atoms with Gasteiger partial charge in [0, 0.05) is 15.5 Å². The van der Waals surface area contributed by atoms with Crippen LogP contribution in [0.2, 0.25) is 0 Å². The Hall–Kier alpha value is -2.28. The Balaban J connectivity index is 1.80. The third kappa shape index (κ3) is 1.95. The summed E-state index contributed by atoms with van der Waals surface area (Å²) in [6, 6.07) is 7.82. The van der Waals surface area contributed by atoms with Gasteiger partial charge in [0.15, 0.2) is 5.82 Å². The molecular weight excluding hydrogens is 250 g/mol. The van der Waals surface area contributed by atoms with E-state index in [9.17, 15) is 4.79 Å². The monoisotopic (exact) mass is 259 g/mol. The van der Waals surface area contributed by atoms with E-state index in [1.54, 1.807) is 11.3 Å². The highest BCUT2D eigenvalue weighted by Crippen LogP contribution is 2.25. The lowest BCUT2D eigenvalue weighted by Crippen LogP contribution is -2.23. The summed E-state index contributed by atoms with van der Waals surface area (Å²) in [5, 5.41) is 18.9. The zero-order valence-electron chi connectivity index (χ0n) is 9.25. The number of carbonyl (C=O) groups excluding carboxylic acids is 1. The number of H-pyrrole nitrogens is 1. The Morgan fingerprint density at radius 1 is 1.39 bits per heavy atom. The molecule has 0 unspecified atom stereocenters. The normalized spacial score (nSPS) is 10.7. The molecule has 0 bridgehead atoms. The van der Waals surface area contributed by atoms with Crippen LogP contribution in [0.4, 0.5) is 0 Å². The summed E-state index contributed by atoms with van der Waals surface area (Å²) in [6.07, 6.45) is 0. The highest BCUT2D eigenvalue weighted by atomic mass is 32.1. The van der Waals surface area contributed by atoms with Crippen molar-refractivity contribution in [2.24, 2.45) is 0 Å². The molecule has 3 aromatic rings. The summed E-state index contributed by atoms with van der Waals surface area (Å²) in [4.78, 5) is 12.0. The molecule has 2 heterocycles. The van der Waals surface area contributed by atoms with Gasteiger partial charge in [-0.25, -0.2) is 0 Å². The minimum atomic E-state index is -0.128. The van der Waals surface area contributed by atoms with Crippen molar-refractivity contribution in [1.82, 2.24) is 25.9 Å². The summed E-state index contributed by atoms with van der Waals surface area (Å²) in [5.41, 5.74) is 0.680. The first-order chi connectivity index (χ1) is 8.84. The Morgan fingerprint density at radius 3 is 3.11 bits per heavy atom. The number of aromatic amines is 1. The smallest absolute Gasteiger partial charge is 0.253 e. The molecule has 2 N–H and O–H groups in total. The van der Waals surface area contributed by atoms with E-state index in [1.807, 2.05) is 29.6 Å². The molecule has 2 aromatic heterocycles. The second-order valence-electron chi connectivity index (χ2n) is 3.66. The van der Waals surface area contributed by atoms with E-state index in [4.69, 9.17) is 0 Å². The first-order valence-corrected chi connectivity index (χ1v) is 6.19. The van der Waals surface area contributed by atoms with Gasteiger partial charge in [0.2, 0.25) is 0 Å². The van der Waals surface area contributed by atoms with Crippen molar-refractivity contribution in [3.63, 3.8) is 0 Å². The van der Waals surface area contributed by atoms with Crippen molar-refractivity contribution >= 4 is 27.3 Å². The molecule has 7 heteroatoms. The lowest BCUT2D eigenvalue weighted by atomic mass is 10.1. The Morgan fingerprint density at radius 2 is 2.28 bits per heavy atom. The summed E-state index contributed by atoms with van der Waals surface area (Å²) in [5.74, 6) is 0.333. The van der Waals surface area contributed by atoms with E-state index in [-0.39, 0.29) is 12.5 Å². The zero-order chi connectivity index (χ0) is 12.4. The fourth-order valence-electron chi connectivity index (χ4n) is 1.67. The molecule has 0 aliphatic heterocycles. The number of carbonyl (C=O) groups is 1. The van der Waals surface area contributed by atoms with Crippen LogP contribution in [0.5, 0.6) is 0 Å². The van der Waals surface area contributed by atoms with Gasteiger partial charge in [-0.2, -0.15) is 5.21 Å². The number of fused-ring (bicyclic) bond motifs is 1. The van der Waals surface area contributed by atoms with Crippen molar-refractivity contribution in [3.05, 3.63) is 41.0 Å². The average Bonchev–Trinajstić information content (AvgIpc) is 3.05. The first-order valence-electron chi connectivity index (χ1n) is 5.31. The molecule has 0 saturated carbocycles. The molecule has 18 heavy (non-hydrogen) atoms. The number of rotatable bonds is 3. The van der Waals surface area contributed by atoms with Gasteiger partial charge in [-0.15, -0.1) is 21.5 Å². The molecule has 0 aliphatic rings. The second-order valence-corrected chi connectivity index (χ2v) is 4.57. The number of aromatic nitrogens is 4. The fraction of sp³-hybridized carbons (Fsp3) is 0.0909. The number of hydrogen-bond donors (Lipinski definition) is 2. The van der Waals surface area contributed by atoms with Gasteiger partial charge in [0.05, 0.1) is 12.1 Å². The topological polar surface area (TPSA) is 83.6 Å². The molecule has 0 fully saturated rings. The van der Waals surface area contributed by atoms with Crippen LogP contribution < -0.4 is 5.32 Å². The number of benzene rings is 1. The van der Waals surface area contributed by atoms with E-state index >= 15 is 0 Å². The molecule has 6 nitrogen and oxygen atoms in total. The summed E-state index contributed by atoms with van der Waals surface area (Å²) in [7, 11) is 0. The second kappa shape index (κ2) is 4.53. The molecule has 0 saturated heterocycles. The predicted octanol–water partition coefficient (Wildman–Crippen LogP) is 1.34. The largest absolute Gasteiger partial charge is 0.345 e. The maximum Gasteiger partial charge on any atom is 0.253 e. The molecule has 0 radical (unpaired) electrons. The first kappa shape index (κ1) is 10.8. The third-order valence-electron chi connectivity index (χ3n) is 2.52. The highest BCUT2D eigenvalue weighted by molar-refractivity contribution is 7.17. The van der Waals surface area contributed by atoms with E-state index in [2.05, 4.69) is 25.9 Å². The van der Waals surface area contributed by atoms with Crippen molar-refractivity contribution in [3.8, 4) is 0 Å². The molecule has 0 aliphatic carbocycles. The van der Waals surface area contributed by atoms with E-state index in [1.165, 1.54) is 0 Å². The Labute approximate surface area is 106 Å². The van der Waals surface area contributed by atoms with Gasteiger partial charge in [-0.05, 0) is 6.07 Å². The minimum Gasteiger partial charge on any atom is -0.345 e. The number of tetrazole rings is 1. The quantitative estimate of drug-likeness (QED) is 0.743. The van der Waals surface area contributed by atoms with Crippen LogP contribution in [0, 0.1) is 0 Å². The fourth-order valence-corrected chi connectivity index (χ4v) is 2.61. The van der Waals surface area contributed by atoms with Gasteiger partial charge in [0.25, 0.3) is 5.91 Å². The van der Waals surface area contributed by atoms with Crippen molar-refractivity contribution < 1.29 is 4.79 Å². The van der Waals surface area contributed by atoms with Crippen LogP contribution in [-0.4, -0.2) is 26.5 Å². The van der Waals surface area contributed by atoms with Crippen molar-refractivity contribution in [2.45, 2.75) is 6.54 Å². The number of amides is 1. The van der Waals surface area contributed by atoms with Crippen LogP contribution in [0.15, 0.2) is 29.6 Å². The molecule has 3 rings (SSSR count). The maximum atomic E-state index is 12.0. The highest BCUT2D eigenvalue weighted by Gasteiger charge is 2.12. The van der Waals surface area contributed by atoms with Crippen LogP contribution in [-0.2, 0) is 6.54 Å². The third-order valence-corrected chi connectivity index (χ3v) is 3.49. The number of nitrogens with one attached hydrogen (secondary N) is 2. The molecule has 0 spiro atoms. The van der Waals surface area contributed by atoms with E-state index in [0.717, 1.165) is 10.1 Å². The lowest BCUT2D eigenvalue weighted by Gasteiger charge is -2.00. The van der Waals surface area contributed by atoms with Gasteiger partial charge < -0.3 is 5.32 Å². The van der Waals surface area contributed by atoms with E-state index < -0.39 is 0 Å². The van der Waals surface area contributed by atoms with Crippen molar-refractivity contribution in [2.75, 3.05) is 0 Å². The molecule has 0 atom stereocenters. The maximum absolute atomic E-state index is 12.0. The van der Waals surface area contributed by atoms with Gasteiger partial charge in [-0.3, -0.25) is 4.79 Å². The molecular formula is C11H9N5OS. The summed E-state index contributed by atoms with van der Waals surface area (Å²) < 4.78 is 1.10. The predicted molar refractivity (Wildman–Crippen MR) is 67.2 cm³/mol. The SMILES string of the molecule is O=C(NCc1nn[nH]n1)c1csc2ccccc12. The standard InChI is InChI=1S/C11H9N5OS/c17-11(12-5-10-13-15-16-14-10)8-6-18-9-4-2-1-3-7(8)9/h1-4,6H,5H2,(H,12,17)(H,13,14,15,16). The van der Waals surface area contributed by atoms with Gasteiger partial charge in [0.1, 0.15) is 0 Å². The van der Waals surface area contributed by atoms with Crippen molar-refractivity contribution in [1.29, 1.82) is 0 Å². The van der Waals surface area contributed by atoms with Gasteiger partial charge in [-0.1, -0.05) is 23.4 Å². The van der Waals surface area contributed by atoms with Crippen LogP contribution in [0.1, 0.15) is 16.2 Å². The average molecular weight is 259 g/mol. The Bertz CT molecular complexity index is 676. The Kier molecular flexibility index (Phi) is 2.73. The van der Waals surface area contributed by atoms with Crippen LogP contribution >= 0.6 is 11.3 Å². The minimum absolute atomic E-state index is 0.128. The van der Waals surface area contributed by atoms with Crippen LogP contribution in [0.3, 0.4) is 0 Å². The number of hydrogen-bond acceptors (Lipinski definition) is 5. The van der Waals surface area contributed by atoms with Crippen LogP contribution in [0.25, 0.3) is 10.1 Å². The summed E-state index contributed by atoms with van der Waals surface area (Å²) >= 11 is 1.56. The van der Waals surface area contributed by atoms with E-state index in [0.29, 0.717) is 11.4 Å². The lowest BCUT2D eigenvalue weighted by molar-refractivity contribution is 0.0952. The molecule has 1 amide bonds. The zero-order valence-corrected chi connectivity index (χ0v) is 10.1. The molecule has 1 aromatic carbocycles. The summed E-state index contributed by atoms with van der Waals surface area (Å²) in [6.45, 7) is 0.263.